The minimum atomic E-state index is -4.41. The van der Waals surface area contributed by atoms with Gasteiger partial charge in [0, 0.05) is 12.1 Å². The second-order valence-electron chi connectivity index (χ2n) is 4.83. The molecule has 0 aliphatic rings. The van der Waals surface area contributed by atoms with Crippen LogP contribution in [0.25, 0.3) is 0 Å². The Kier molecular flexibility index (Phi) is 7.26. The highest BCUT2D eigenvalue weighted by Gasteiger charge is 2.34. The first-order valence-corrected chi connectivity index (χ1v) is 8.66. The quantitative estimate of drug-likeness (QED) is 0.302. The van der Waals surface area contributed by atoms with Gasteiger partial charge in [-0.15, -0.1) is 0 Å². The zero-order chi connectivity index (χ0) is 18.3. The van der Waals surface area contributed by atoms with E-state index in [9.17, 15) is 28.4 Å². The second kappa shape index (κ2) is 8.71. The van der Waals surface area contributed by atoms with Gasteiger partial charge in [-0.05, 0) is 25.5 Å². The summed E-state index contributed by atoms with van der Waals surface area (Å²) in [6.45, 7) is 3.28. The average Bonchev–Trinajstić information content (AvgIpc) is 2.53. The van der Waals surface area contributed by atoms with Gasteiger partial charge >= 0.3 is 5.97 Å². The summed E-state index contributed by atoms with van der Waals surface area (Å²) in [6.07, 6.45) is -2.43. The lowest BCUT2D eigenvalue weighted by molar-refractivity contribution is -0.384. The molecule has 0 heterocycles. The van der Waals surface area contributed by atoms with E-state index < -0.39 is 33.2 Å². The zero-order valence-corrected chi connectivity index (χ0v) is 14.1. The molecule has 134 valence electrons. The fourth-order valence-corrected chi connectivity index (χ4v) is 2.92. The Morgan fingerprint density at radius 2 is 1.88 bits per heavy atom. The number of rotatable bonds is 9. The minimum Gasteiger partial charge on any atom is -0.464 e. The number of benzene rings is 1. The molecule has 1 rings (SSSR count). The van der Waals surface area contributed by atoms with Gasteiger partial charge in [0.25, 0.3) is 15.8 Å². The van der Waals surface area contributed by atoms with E-state index in [2.05, 4.69) is 0 Å². The lowest BCUT2D eigenvalue weighted by Gasteiger charge is -2.20. The van der Waals surface area contributed by atoms with Crippen molar-refractivity contribution in [3.8, 4) is 0 Å². The molecule has 0 aromatic heterocycles. The van der Waals surface area contributed by atoms with Crippen molar-refractivity contribution in [2.75, 3.05) is 6.61 Å². The van der Waals surface area contributed by atoms with Crippen molar-refractivity contribution in [1.82, 2.24) is 0 Å². The van der Waals surface area contributed by atoms with Crippen LogP contribution in [-0.2, 0) is 23.8 Å². The molecule has 0 saturated heterocycles. The van der Waals surface area contributed by atoms with Gasteiger partial charge < -0.3 is 9.84 Å². The van der Waals surface area contributed by atoms with Crippen LogP contribution in [0.4, 0.5) is 5.69 Å². The lowest BCUT2D eigenvalue weighted by Crippen LogP contribution is -2.39. The summed E-state index contributed by atoms with van der Waals surface area (Å²) in [5.74, 6) is -0.996. The third-order valence-electron chi connectivity index (χ3n) is 3.02. The van der Waals surface area contributed by atoms with E-state index in [0.29, 0.717) is 6.42 Å². The standard InChI is InChI=1S/C14H19NO8S/c1-3-5-12(16)13(14(17)22-4-2)23-24(20,21)11-8-6-10(7-9-11)15(18)19/h6-9,12-13,16H,3-5H2,1-2H3/t12-,13-/m1/s1. The lowest BCUT2D eigenvalue weighted by atomic mass is 10.1. The molecule has 1 aromatic rings. The Morgan fingerprint density at radius 3 is 2.33 bits per heavy atom. The number of aliphatic hydroxyl groups is 1. The Labute approximate surface area is 139 Å². The Morgan fingerprint density at radius 1 is 1.29 bits per heavy atom. The molecule has 0 aliphatic heterocycles. The summed E-state index contributed by atoms with van der Waals surface area (Å²) >= 11 is 0. The van der Waals surface area contributed by atoms with Crippen molar-refractivity contribution < 1.29 is 32.2 Å². The third-order valence-corrected chi connectivity index (χ3v) is 4.33. The minimum absolute atomic E-state index is 0.00484. The number of carbonyl (C=O) groups is 1. The van der Waals surface area contributed by atoms with Crippen molar-refractivity contribution in [3.63, 3.8) is 0 Å². The summed E-state index contributed by atoms with van der Waals surface area (Å²) in [5.41, 5.74) is -0.290. The summed E-state index contributed by atoms with van der Waals surface area (Å²) in [6, 6.07) is 3.97. The SMILES string of the molecule is CCC[C@@H](O)[C@@H](OS(=O)(=O)c1ccc([N+](=O)[O-])cc1)C(=O)OCC. The van der Waals surface area contributed by atoms with Gasteiger partial charge in [0.2, 0.25) is 0 Å². The van der Waals surface area contributed by atoms with E-state index in [-0.39, 0.29) is 23.6 Å². The molecular weight excluding hydrogens is 342 g/mol. The molecule has 0 fully saturated rings. The van der Waals surface area contributed by atoms with Crippen LogP contribution in [-0.4, -0.2) is 43.2 Å². The molecule has 0 amide bonds. The first-order chi connectivity index (χ1) is 11.2. The van der Waals surface area contributed by atoms with Crippen LogP contribution in [0, 0.1) is 10.1 Å². The van der Waals surface area contributed by atoms with Gasteiger partial charge in [-0.25, -0.2) is 8.98 Å². The largest absolute Gasteiger partial charge is 0.464 e. The second-order valence-corrected chi connectivity index (χ2v) is 6.40. The number of carbonyl (C=O) groups excluding carboxylic acids is 1. The van der Waals surface area contributed by atoms with Crippen molar-refractivity contribution in [3.05, 3.63) is 34.4 Å². The van der Waals surface area contributed by atoms with E-state index in [0.717, 1.165) is 24.3 Å². The molecule has 0 unspecified atom stereocenters. The Hall–Kier alpha value is -2.04. The smallest absolute Gasteiger partial charge is 0.339 e. The van der Waals surface area contributed by atoms with Crippen molar-refractivity contribution in [2.24, 2.45) is 0 Å². The maximum Gasteiger partial charge on any atom is 0.339 e. The molecule has 0 bridgehead atoms. The third kappa shape index (κ3) is 5.25. The van der Waals surface area contributed by atoms with E-state index in [1.807, 2.05) is 0 Å². The van der Waals surface area contributed by atoms with Gasteiger partial charge in [-0.3, -0.25) is 10.1 Å². The molecule has 24 heavy (non-hydrogen) atoms. The van der Waals surface area contributed by atoms with Gasteiger partial charge in [-0.2, -0.15) is 8.42 Å². The van der Waals surface area contributed by atoms with E-state index >= 15 is 0 Å². The number of nitrogens with zero attached hydrogens (tertiary/aromatic N) is 1. The van der Waals surface area contributed by atoms with Crippen LogP contribution in [0.15, 0.2) is 29.2 Å². The maximum atomic E-state index is 12.2. The van der Waals surface area contributed by atoms with Gasteiger partial charge in [-0.1, -0.05) is 13.3 Å². The molecule has 1 N–H and O–H groups in total. The van der Waals surface area contributed by atoms with E-state index in [1.54, 1.807) is 6.92 Å². The average molecular weight is 361 g/mol. The fourth-order valence-electron chi connectivity index (χ4n) is 1.86. The zero-order valence-electron chi connectivity index (χ0n) is 13.2. The molecule has 0 radical (unpaired) electrons. The molecule has 10 heteroatoms. The number of nitro benzene ring substituents is 1. The van der Waals surface area contributed by atoms with Crippen molar-refractivity contribution >= 4 is 21.8 Å². The van der Waals surface area contributed by atoms with Crippen LogP contribution in [0.3, 0.4) is 0 Å². The molecule has 1 aromatic carbocycles. The van der Waals surface area contributed by atoms with E-state index in [1.165, 1.54) is 6.92 Å². The van der Waals surface area contributed by atoms with Crippen LogP contribution in [0.2, 0.25) is 0 Å². The fraction of sp³-hybridized carbons (Fsp3) is 0.500. The number of hydrogen-bond donors (Lipinski definition) is 1. The molecule has 9 nitrogen and oxygen atoms in total. The number of ether oxygens (including phenoxy) is 1. The molecule has 0 spiro atoms. The normalized spacial score (nSPS) is 14.0. The highest BCUT2D eigenvalue weighted by molar-refractivity contribution is 7.86. The Bertz CT molecular complexity index is 671. The van der Waals surface area contributed by atoms with Crippen LogP contribution >= 0.6 is 0 Å². The highest BCUT2D eigenvalue weighted by atomic mass is 32.2. The molecular formula is C14H19NO8S. The monoisotopic (exact) mass is 361 g/mol. The predicted octanol–water partition coefficient (Wildman–Crippen LogP) is 1.39. The Balaban J connectivity index is 3.05. The number of non-ortho nitro benzene ring substituents is 1. The number of aliphatic hydroxyl groups excluding tert-OH is 1. The van der Waals surface area contributed by atoms with Crippen LogP contribution in [0.1, 0.15) is 26.7 Å². The van der Waals surface area contributed by atoms with Crippen molar-refractivity contribution in [1.29, 1.82) is 0 Å². The molecule has 2 atom stereocenters. The van der Waals surface area contributed by atoms with Crippen LogP contribution < -0.4 is 0 Å². The summed E-state index contributed by atoms with van der Waals surface area (Å²) in [7, 11) is -4.41. The van der Waals surface area contributed by atoms with Gasteiger partial charge in [0.1, 0.15) is 0 Å². The van der Waals surface area contributed by atoms with Gasteiger partial charge in [0.15, 0.2) is 6.10 Å². The molecule has 0 saturated carbocycles. The predicted molar refractivity (Wildman–Crippen MR) is 82.7 cm³/mol. The van der Waals surface area contributed by atoms with Crippen molar-refractivity contribution in [2.45, 2.75) is 43.8 Å². The number of esters is 1. The summed E-state index contributed by atoms with van der Waals surface area (Å²) < 4.78 is 34.0. The maximum absolute atomic E-state index is 12.2. The van der Waals surface area contributed by atoms with E-state index in [4.69, 9.17) is 8.92 Å². The van der Waals surface area contributed by atoms with Crippen LogP contribution in [0.5, 0.6) is 0 Å². The number of hydrogen-bond acceptors (Lipinski definition) is 8. The number of nitro groups is 1. The highest BCUT2D eigenvalue weighted by Crippen LogP contribution is 2.21. The topological polar surface area (TPSA) is 133 Å². The molecule has 0 aliphatic carbocycles. The van der Waals surface area contributed by atoms with Gasteiger partial charge in [0.05, 0.1) is 22.5 Å². The first-order valence-electron chi connectivity index (χ1n) is 7.25. The summed E-state index contributed by atoms with van der Waals surface area (Å²) in [5, 5.41) is 20.5. The summed E-state index contributed by atoms with van der Waals surface area (Å²) in [4.78, 5) is 21.4. The first kappa shape index (κ1) is 20.0.